The standard InChI is InChI=1S/C50H82O6/c1-4-7-10-13-16-19-21-22-23-24-25-26-27-29-31-34-37-40-43-49(52)55-46-47(45-54-48(51)42-39-36-33-30-18-15-12-9-6-3)56-50(53)44-41-38-35-32-28-20-17-14-11-8-5-2/h8,11,16-17,19-26,32,35,47H,4-7,9-10,12-15,18,27-31,33-34,36-46H2,1-3H3/b11-8-,19-16-,20-17-,22-21-,24-23-,26-25-,35-32-. The highest BCUT2D eigenvalue weighted by molar-refractivity contribution is 5.71. The highest BCUT2D eigenvalue weighted by Crippen LogP contribution is 2.12. The summed E-state index contributed by atoms with van der Waals surface area (Å²) in [6, 6.07) is 0. The van der Waals surface area contributed by atoms with Crippen LogP contribution in [0.1, 0.15) is 194 Å². The Labute approximate surface area is 344 Å². The summed E-state index contributed by atoms with van der Waals surface area (Å²) >= 11 is 0. The van der Waals surface area contributed by atoms with E-state index in [1.54, 1.807) is 0 Å². The zero-order valence-corrected chi connectivity index (χ0v) is 36.1. The molecule has 318 valence electrons. The zero-order valence-electron chi connectivity index (χ0n) is 36.1. The Hall–Kier alpha value is -3.41. The molecule has 0 bridgehead atoms. The normalized spacial score (nSPS) is 12.8. The number of carbonyl (C=O) groups is 3. The molecular weight excluding hydrogens is 697 g/mol. The summed E-state index contributed by atoms with van der Waals surface area (Å²) in [7, 11) is 0. The molecule has 1 unspecified atom stereocenters. The van der Waals surface area contributed by atoms with Crippen molar-refractivity contribution in [2.45, 2.75) is 200 Å². The van der Waals surface area contributed by atoms with Crippen molar-refractivity contribution in [3.63, 3.8) is 0 Å². The van der Waals surface area contributed by atoms with Gasteiger partial charge in [-0.15, -0.1) is 0 Å². The van der Waals surface area contributed by atoms with E-state index in [2.05, 4.69) is 106 Å². The first-order valence-corrected chi connectivity index (χ1v) is 22.6. The van der Waals surface area contributed by atoms with Gasteiger partial charge in [-0.05, 0) is 70.6 Å². The van der Waals surface area contributed by atoms with Gasteiger partial charge >= 0.3 is 17.9 Å². The minimum atomic E-state index is -0.808. The average molecular weight is 779 g/mol. The Morgan fingerprint density at radius 1 is 0.393 bits per heavy atom. The number of unbranched alkanes of at least 4 members (excludes halogenated alkanes) is 17. The van der Waals surface area contributed by atoms with Gasteiger partial charge in [-0.2, -0.15) is 0 Å². The fourth-order valence-corrected chi connectivity index (χ4v) is 5.83. The molecule has 6 nitrogen and oxygen atoms in total. The summed E-state index contributed by atoms with van der Waals surface area (Å²) < 4.78 is 16.6. The molecule has 0 aromatic heterocycles. The van der Waals surface area contributed by atoms with Crippen LogP contribution in [0, 0.1) is 0 Å². The second kappa shape index (κ2) is 44.3. The molecule has 0 spiro atoms. The number of hydrogen-bond acceptors (Lipinski definition) is 6. The van der Waals surface area contributed by atoms with Gasteiger partial charge in [-0.1, -0.05) is 189 Å². The molecule has 56 heavy (non-hydrogen) atoms. The first kappa shape index (κ1) is 52.6. The van der Waals surface area contributed by atoms with Gasteiger partial charge in [0.25, 0.3) is 0 Å². The van der Waals surface area contributed by atoms with Crippen LogP contribution in [-0.4, -0.2) is 37.2 Å². The third-order valence-corrected chi connectivity index (χ3v) is 9.23. The molecule has 6 heteroatoms. The number of hydrogen-bond donors (Lipinski definition) is 0. The summed E-state index contributed by atoms with van der Waals surface area (Å²) in [5.41, 5.74) is 0. The molecule has 0 radical (unpaired) electrons. The summed E-state index contributed by atoms with van der Waals surface area (Å²) in [5.74, 6) is -0.995. The van der Waals surface area contributed by atoms with Gasteiger partial charge in [-0.3, -0.25) is 14.4 Å². The van der Waals surface area contributed by atoms with E-state index in [1.807, 2.05) is 0 Å². The summed E-state index contributed by atoms with van der Waals surface area (Å²) in [5, 5.41) is 0. The van der Waals surface area contributed by atoms with Crippen LogP contribution in [-0.2, 0) is 28.6 Å². The van der Waals surface area contributed by atoms with Gasteiger partial charge in [-0.25, -0.2) is 0 Å². The average Bonchev–Trinajstić information content (AvgIpc) is 3.19. The predicted molar refractivity (Wildman–Crippen MR) is 237 cm³/mol. The summed E-state index contributed by atoms with van der Waals surface area (Å²) in [6.07, 6.45) is 55.7. The van der Waals surface area contributed by atoms with Crippen molar-refractivity contribution in [2.24, 2.45) is 0 Å². The molecule has 0 amide bonds. The maximum absolute atomic E-state index is 12.7. The Balaban J connectivity index is 4.45. The molecule has 0 aromatic carbocycles. The highest BCUT2D eigenvalue weighted by atomic mass is 16.6. The largest absolute Gasteiger partial charge is 0.462 e. The first-order valence-electron chi connectivity index (χ1n) is 22.6. The van der Waals surface area contributed by atoms with Crippen LogP contribution in [0.3, 0.4) is 0 Å². The Morgan fingerprint density at radius 2 is 0.786 bits per heavy atom. The van der Waals surface area contributed by atoms with E-state index in [1.165, 1.54) is 57.8 Å². The van der Waals surface area contributed by atoms with Crippen LogP contribution in [0.2, 0.25) is 0 Å². The molecule has 0 saturated carbocycles. The molecule has 0 fully saturated rings. The van der Waals surface area contributed by atoms with Crippen molar-refractivity contribution in [1.82, 2.24) is 0 Å². The van der Waals surface area contributed by atoms with Crippen LogP contribution in [0.5, 0.6) is 0 Å². The molecule has 0 aliphatic rings. The molecule has 0 saturated heterocycles. The van der Waals surface area contributed by atoms with E-state index in [4.69, 9.17) is 14.2 Å². The van der Waals surface area contributed by atoms with Crippen molar-refractivity contribution < 1.29 is 28.6 Å². The van der Waals surface area contributed by atoms with E-state index >= 15 is 0 Å². The molecule has 0 N–H and O–H groups in total. The maximum Gasteiger partial charge on any atom is 0.306 e. The van der Waals surface area contributed by atoms with Crippen molar-refractivity contribution in [1.29, 1.82) is 0 Å². The monoisotopic (exact) mass is 779 g/mol. The Kier molecular flexibility index (Phi) is 41.6. The van der Waals surface area contributed by atoms with Crippen molar-refractivity contribution in [2.75, 3.05) is 13.2 Å². The number of ether oxygens (including phenoxy) is 3. The molecule has 0 aromatic rings. The van der Waals surface area contributed by atoms with Gasteiger partial charge in [0.05, 0.1) is 0 Å². The van der Waals surface area contributed by atoms with E-state index < -0.39 is 6.10 Å². The van der Waals surface area contributed by atoms with Crippen LogP contribution >= 0.6 is 0 Å². The quantitative estimate of drug-likeness (QED) is 0.0203. The lowest BCUT2D eigenvalue weighted by atomic mass is 10.1. The molecule has 0 rings (SSSR count). The van der Waals surface area contributed by atoms with Crippen LogP contribution in [0.25, 0.3) is 0 Å². The van der Waals surface area contributed by atoms with Crippen LogP contribution < -0.4 is 0 Å². The topological polar surface area (TPSA) is 78.9 Å². The number of rotatable bonds is 39. The van der Waals surface area contributed by atoms with E-state index in [0.717, 1.165) is 89.9 Å². The molecule has 1 atom stereocenters. The van der Waals surface area contributed by atoms with Crippen LogP contribution in [0.15, 0.2) is 85.1 Å². The van der Waals surface area contributed by atoms with Gasteiger partial charge in [0, 0.05) is 19.3 Å². The molecular formula is C50H82O6. The van der Waals surface area contributed by atoms with E-state index in [0.29, 0.717) is 19.3 Å². The van der Waals surface area contributed by atoms with Crippen molar-refractivity contribution >= 4 is 17.9 Å². The second-order valence-corrected chi connectivity index (χ2v) is 14.7. The van der Waals surface area contributed by atoms with Crippen molar-refractivity contribution in [3.8, 4) is 0 Å². The fraction of sp³-hybridized carbons (Fsp3) is 0.660. The minimum Gasteiger partial charge on any atom is -0.462 e. The van der Waals surface area contributed by atoms with E-state index in [9.17, 15) is 14.4 Å². The Morgan fingerprint density at radius 3 is 1.32 bits per heavy atom. The SMILES string of the molecule is CC/C=C\C/C=C\C/C=C\CCCC(=O)OC(COC(=O)CCCCCCC\C=C/C=C\C=C/C=C\CCCCC)COC(=O)CCCCCCCCCCC. The zero-order chi connectivity index (χ0) is 40.8. The van der Waals surface area contributed by atoms with Gasteiger partial charge < -0.3 is 14.2 Å². The molecule has 0 aliphatic carbocycles. The highest BCUT2D eigenvalue weighted by Gasteiger charge is 2.19. The summed E-state index contributed by atoms with van der Waals surface area (Å²) in [6.45, 7) is 6.37. The Bertz CT molecular complexity index is 1120. The van der Waals surface area contributed by atoms with Crippen LogP contribution in [0.4, 0.5) is 0 Å². The van der Waals surface area contributed by atoms with Crippen molar-refractivity contribution in [3.05, 3.63) is 85.1 Å². The lowest BCUT2D eigenvalue weighted by molar-refractivity contribution is -0.167. The third kappa shape index (κ3) is 41.7. The lowest BCUT2D eigenvalue weighted by Crippen LogP contribution is -2.30. The number of esters is 3. The first-order chi connectivity index (χ1) is 27.5. The second-order valence-electron chi connectivity index (χ2n) is 14.7. The smallest absolute Gasteiger partial charge is 0.306 e. The fourth-order valence-electron chi connectivity index (χ4n) is 5.83. The maximum atomic E-state index is 12.7. The lowest BCUT2D eigenvalue weighted by Gasteiger charge is -2.18. The van der Waals surface area contributed by atoms with Gasteiger partial charge in [0.15, 0.2) is 6.10 Å². The van der Waals surface area contributed by atoms with E-state index in [-0.39, 0.29) is 37.5 Å². The number of carbonyl (C=O) groups excluding carboxylic acids is 3. The number of allylic oxidation sites excluding steroid dienone is 14. The minimum absolute atomic E-state index is 0.105. The van der Waals surface area contributed by atoms with Gasteiger partial charge in [0.1, 0.15) is 13.2 Å². The van der Waals surface area contributed by atoms with Gasteiger partial charge in [0.2, 0.25) is 0 Å². The third-order valence-electron chi connectivity index (χ3n) is 9.23. The molecule has 0 aliphatic heterocycles. The molecule has 0 heterocycles. The predicted octanol–water partition coefficient (Wildman–Crippen LogP) is 14.5. The summed E-state index contributed by atoms with van der Waals surface area (Å²) in [4.78, 5) is 37.6.